The number of nitrogens with one attached hydrogen (secondary N) is 1. The number of likely N-dealkylation sites (tertiary alicyclic amines) is 1. The number of carbonyl (C=O) groups excluding carboxylic acids is 2. The number of hydrogen-bond donors (Lipinski definition) is 1. The first-order chi connectivity index (χ1) is 19.3. The van der Waals surface area contributed by atoms with Crippen LogP contribution in [0.25, 0.3) is 10.2 Å². The molecule has 0 atom stereocenters. The van der Waals surface area contributed by atoms with Gasteiger partial charge in [-0.05, 0) is 75.0 Å². The summed E-state index contributed by atoms with van der Waals surface area (Å²) < 4.78 is 7.54. The van der Waals surface area contributed by atoms with Crippen molar-refractivity contribution in [3.63, 3.8) is 0 Å². The zero-order valence-corrected chi connectivity index (χ0v) is 24.5. The van der Waals surface area contributed by atoms with Crippen LogP contribution in [0.15, 0.2) is 35.4 Å². The Bertz CT molecular complexity index is 1420. The van der Waals surface area contributed by atoms with E-state index in [9.17, 15) is 14.4 Å². The Kier molecular flexibility index (Phi) is 8.88. The van der Waals surface area contributed by atoms with Crippen molar-refractivity contribution in [2.75, 3.05) is 26.2 Å². The third-order valence-corrected chi connectivity index (χ3v) is 9.86. The Morgan fingerprint density at radius 2 is 1.88 bits per heavy atom. The Hall–Kier alpha value is -3.20. The highest BCUT2D eigenvalue weighted by molar-refractivity contribution is 7.18. The van der Waals surface area contributed by atoms with Crippen molar-refractivity contribution >= 4 is 33.4 Å². The molecule has 1 saturated heterocycles. The summed E-state index contributed by atoms with van der Waals surface area (Å²) in [6, 6.07) is 8.21. The van der Waals surface area contributed by atoms with Crippen molar-refractivity contribution in [2.24, 2.45) is 5.41 Å². The average molecular weight is 565 g/mol. The lowest BCUT2D eigenvalue weighted by Crippen LogP contribution is -2.48. The molecule has 1 aromatic carbocycles. The first-order valence-corrected chi connectivity index (χ1v) is 15.4. The standard InChI is InChI=1S/C31H40N4O4S/c1-22-23(2)40-29-28(22)30(38)35(21-33-29)16-12-27(37)34-17-14-31(15-18-34)13-6-5-9-24-8-3-4-10-25(24)39-19-7-11-26(36)32-20-31/h3-4,8,10,21H,5-7,9,11-20H2,1-2H3,(H,32,36). The fourth-order valence-electron chi connectivity index (χ4n) is 6.01. The molecule has 2 aliphatic heterocycles. The molecule has 1 spiro atoms. The van der Waals surface area contributed by atoms with E-state index in [-0.39, 0.29) is 29.2 Å². The maximum Gasteiger partial charge on any atom is 0.262 e. The van der Waals surface area contributed by atoms with E-state index in [0.29, 0.717) is 51.0 Å². The molecule has 0 aliphatic carbocycles. The van der Waals surface area contributed by atoms with E-state index in [1.54, 1.807) is 10.9 Å². The summed E-state index contributed by atoms with van der Waals surface area (Å²) >= 11 is 1.53. The predicted molar refractivity (Wildman–Crippen MR) is 158 cm³/mol. The molecule has 0 saturated carbocycles. The molecule has 0 bridgehead atoms. The van der Waals surface area contributed by atoms with Crippen LogP contribution in [-0.2, 0) is 22.6 Å². The maximum absolute atomic E-state index is 13.1. The molecular formula is C31H40N4O4S. The van der Waals surface area contributed by atoms with Gasteiger partial charge in [0.2, 0.25) is 11.8 Å². The molecule has 0 radical (unpaired) electrons. The molecular weight excluding hydrogens is 524 g/mol. The van der Waals surface area contributed by atoms with Gasteiger partial charge in [0.15, 0.2) is 0 Å². The highest BCUT2D eigenvalue weighted by Gasteiger charge is 2.35. The lowest BCUT2D eigenvalue weighted by molar-refractivity contribution is -0.134. The van der Waals surface area contributed by atoms with Crippen LogP contribution in [0.2, 0.25) is 0 Å². The average Bonchev–Trinajstić information content (AvgIpc) is 3.26. The Balaban J connectivity index is 1.19. The molecule has 5 rings (SSSR count). The molecule has 1 N–H and O–H groups in total. The van der Waals surface area contributed by atoms with Crippen LogP contribution in [0, 0.1) is 19.3 Å². The van der Waals surface area contributed by atoms with Crippen molar-refractivity contribution in [1.82, 2.24) is 19.8 Å². The number of carbonyl (C=O) groups is 2. The van der Waals surface area contributed by atoms with Gasteiger partial charge in [-0.25, -0.2) is 4.98 Å². The van der Waals surface area contributed by atoms with Crippen LogP contribution < -0.4 is 15.6 Å². The van der Waals surface area contributed by atoms with Crippen LogP contribution in [0.3, 0.4) is 0 Å². The number of thiophene rings is 1. The Morgan fingerprint density at radius 1 is 1.07 bits per heavy atom. The van der Waals surface area contributed by atoms with Crippen LogP contribution in [0.1, 0.15) is 67.4 Å². The maximum atomic E-state index is 13.1. The van der Waals surface area contributed by atoms with E-state index in [1.807, 2.05) is 30.9 Å². The molecule has 9 heteroatoms. The summed E-state index contributed by atoms with van der Waals surface area (Å²) in [6.45, 7) is 6.85. The lowest BCUT2D eigenvalue weighted by Gasteiger charge is -2.42. The van der Waals surface area contributed by atoms with Crippen LogP contribution in [0.4, 0.5) is 0 Å². The SMILES string of the molecule is Cc1sc2ncn(CCC(=O)N3CCC4(CCCCc5ccccc5OCCCC(=O)NC4)CC3)c(=O)c2c1C. The first kappa shape index (κ1) is 28.3. The van der Waals surface area contributed by atoms with Gasteiger partial charge in [-0.15, -0.1) is 11.3 Å². The van der Waals surface area contributed by atoms with Crippen molar-refractivity contribution in [2.45, 2.75) is 78.2 Å². The summed E-state index contributed by atoms with van der Waals surface area (Å²) in [4.78, 5) is 47.0. The van der Waals surface area contributed by atoms with E-state index in [0.717, 1.165) is 59.5 Å². The third-order valence-electron chi connectivity index (χ3n) is 8.74. The van der Waals surface area contributed by atoms with Crippen molar-refractivity contribution < 1.29 is 14.3 Å². The summed E-state index contributed by atoms with van der Waals surface area (Å²) in [5.41, 5.74) is 2.15. The van der Waals surface area contributed by atoms with E-state index in [4.69, 9.17) is 4.74 Å². The number of amides is 2. The van der Waals surface area contributed by atoms with Crippen molar-refractivity contribution in [3.05, 3.63) is 57.0 Å². The number of aromatic nitrogens is 2. The fraction of sp³-hybridized carbons (Fsp3) is 0.548. The van der Waals surface area contributed by atoms with E-state index in [2.05, 4.69) is 22.4 Å². The number of nitrogens with zero attached hydrogens (tertiary/aromatic N) is 3. The number of fused-ring (bicyclic) bond motifs is 2. The molecule has 8 nitrogen and oxygen atoms in total. The van der Waals surface area contributed by atoms with Gasteiger partial charge in [-0.3, -0.25) is 19.0 Å². The smallest absolute Gasteiger partial charge is 0.262 e. The highest BCUT2D eigenvalue weighted by Crippen LogP contribution is 2.37. The van der Waals surface area contributed by atoms with Gasteiger partial charge in [-0.2, -0.15) is 0 Å². The second kappa shape index (κ2) is 12.5. The minimum Gasteiger partial charge on any atom is -0.493 e. The fourth-order valence-corrected chi connectivity index (χ4v) is 6.99. The molecule has 1 fully saturated rings. The first-order valence-electron chi connectivity index (χ1n) is 14.6. The van der Waals surface area contributed by atoms with Crippen LogP contribution in [0.5, 0.6) is 5.75 Å². The number of para-hydroxylation sites is 1. The molecule has 2 aromatic heterocycles. The Labute approximate surface area is 239 Å². The van der Waals surface area contributed by atoms with Gasteiger partial charge >= 0.3 is 0 Å². The van der Waals surface area contributed by atoms with Crippen molar-refractivity contribution in [1.29, 1.82) is 0 Å². The van der Waals surface area contributed by atoms with E-state index in [1.165, 1.54) is 16.9 Å². The summed E-state index contributed by atoms with van der Waals surface area (Å²) in [5.74, 6) is 1.07. The molecule has 2 aliphatic rings. The van der Waals surface area contributed by atoms with E-state index >= 15 is 0 Å². The summed E-state index contributed by atoms with van der Waals surface area (Å²) in [5, 5.41) is 3.86. The van der Waals surface area contributed by atoms with Gasteiger partial charge in [0, 0.05) is 43.9 Å². The number of ether oxygens (including phenoxy) is 1. The third kappa shape index (κ3) is 6.40. The minimum absolute atomic E-state index is 0.00675. The highest BCUT2D eigenvalue weighted by atomic mass is 32.1. The van der Waals surface area contributed by atoms with Crippen LogP contribution >= 0.6 is 11.3 Å². The lowest BCUT2D eigenvalue weighted by atomic mass is 9.74. The topological polar surface area (TPSA) is 93.5 Å². The number of benzene rings is 1. The van der Waals surface area contributed by atoms with Crippen LogP contribution in [-0.4, -0.2) is 52.5 Å². The summed E-state index contributed by atoms with van der Waals surface area (Å²) in [7, 11) is 0. The molecule has 2 amide bonds. The van der Waals surface area contributed by atoms with Gasteiger partial charge in [-0.1, -0.05) is 24.6 Å². The zero-order valence-electron chi connectivity index (χ0n) is 23.7. The number of aryl methyl sites for hydroxylation is 4. The predicted octanol–water partition coefficient (Wildman–Crippen LogP) is 4.78. The van der Waals surface area contributed by atoms with Gasteiger partial charge in [0.1, 0.15) is 10.6 Å². The van der Waals surface area contributed by atoms with Crippen molar-refractivity contribution in [3.8, 4) is 5.75 Å². The van der Waals surface area contributed by atoms with Gasteiger partial charge < -0.3 is 15.0 Å². The molecule has 3 aromatic rings. The molecule has 40 heavy (non-hydrogen) atoms. The quantitative estimate of drug-likeness (QED) is 0.495. The molecule has 0 unspecified atom stereocenters. The van der Waals surface area contributed by atoms with Gasteiger partial charge in [0.05, 0.1) is 18.3 Å². The molecule has 4 heterocycles. The molecule has 214 valence electrons. The minimum atomic E-state index is -0.0677. The normalized spacial score (nSPS) is 18.6. The zero-order chi connectivity index (χ0) is 28.1. The largest absolute Gasteiger partial charge is 0.493 e. The summed E-state index contributed by atoms with van der Waals surface area (Å²) in [6.07, 6.45) is 8.87. The van der Waals surface area contributed by atoms with E-state index < -0.39 is 0 Å². The second-order valence-corrected chi connectivity index (χ2v) is 12.6. The second-order valence-electron chi connectivity index (χ2n) is 11.4. The number of rotatable bonds is 3. The Morgan fingerprint density at radius 3 is 2.70 bits per heavy atom. The number of hydrogen-bond acceptors (Lipinski definition) is 6. The van der Waals surface area contributed by atoms with Gasteiger partial charge in [0.25, 0.3) is 5.56 Å². The number of piperidine rings is 1. The monoisotopic (exact) mass is 564 g/mol.